The lowest BCUT2D eigenvalue weighted by Crippen LogP contribution is -2.27. The summed E-state index contributed by atoms with van der Waals surface area (Å²) in [5.41, 5.74) is 2.68. The molecule has 0 aliphatic rings. The summed E-state index contributed by atoms with van der Waals surface area (Å²) in [5, 5.41) is 2.84. The van der Waals surface area contributed by atoms with Crippen molar-refractivity contribution in [3.05, 3.63) is 65.4 Å². The summed E-state index contributed by atoms with van der Waals surface area (Å²) in [6, 6.07) is 9.94. The van der Waals surface area contributed by atoms with Crippen molar-refractivity contribution in [2.75, 3.05) is 7.11 Å². The Morgan fingerprint density at radius 3 is 2.79 bits per heavy atom. The summed E-state index contributed by atoms with van der Waals surface area (Å²) in [7, 11) is 1.41. The minimum absolute atomic E-state index is 0.174. The number of methoxy groups -OCH3 is 1. The van der Waals surface area contributed by atoms with Gasteiger partial charge in [-0.3, -0.25) is 4.79 Å². The maximum Gasteiger partial charge on any atom is 0.271 e. The van der Waals surface area contributed by atoms with Gasteiger partial charge in [0.15, 0.2) is 11.6 Å². The maximum absolute atomic E-state index is 13.8. The van der Waals surface area contributed by atoms with Gasteiger partial charge >= 0.3 is 0 Å². The number of pyridine rings is 1. The zero-order valence-electron chi connectivity index (χ0n) is 13.7. The summed E-state index contributed by atoms with van der Waals surface area (Å²) < 4.78 is 20.6. The summed E-state index contributed by atoms with van der Waals surface area (Å²) in [6.45, 7) is 3.74. The highest BCUT2D eigenvalue weighted by atomic mass is 19.1. The molecule has 0 bridgehead atoms. The van der Waals surface area contributed by atoms with Crippen LogP contribution in [0.1, 0.15) is 34.7 Å². The molecule has 2 heterocycles. The molecule has 0 saturated carbocycles. The van der Waals surface area contributed by atoms with Crippen LogP contribution in [-0.4, -0.2) is 22.4 Å². The van der Waals surface area contributed by atoms with Crippen LogP contribution in [0, 0.1) is 12.7 Å². The fraction of sp³-hybridized carbons (Fsp3) is 0.222. The lowest BCUT2D eigenvalue weighted by Gasteiger charge is -2.14. The van der Waals surface area contributed by atoms with E-state index < -0.39 is 5.82 Å². The zero-order valence-corrected chi connectivity index (χ0v) is 13.7. The molecule has 6 heteroatoms. The largest absolute Gasteiger partial charge is 0.494 e. The minimum atomic E-state index is -0.459. The topological polar surface area (TPSA) is 55.6 Å². The monoisotopic (exact) mass is 327 g/mol. The third-order valence-corrected chi connectivity index (χ3v) is 3.95. The highest BCUT2D eigenvalue weighted by molar-refractivity contribution is 5.93. The molecule has 124 valence electrons. The van der Waals surface area contributed by atoms with Crippen LogP contribution in [0.2, 0.25) is 0 Å². The molecule has 1 aromatic carbocycles. The number of carbonyl (C=O) groups is 1. The molecule has 3 rings (SSSR count). The molecular formula is C18H18FN3O2. The first-order chi connectivity index (χ1) is 11.5. The number of amides is 1. The number of nitrogens with zero attached hydrogens (tertiary/aromatic N) is 2. The summed E-state index contributed by atoms with van der Waals surface area (Å²) >= 11 is 0. The van der Waals surface area contributed by atoms with Crippen molar-refractivity contribution in [2.45, 2.75) is 19.9 Å². The van der Waals surface area contributed by atoms with Crippen LogP contribution in [0.5, 0.6) is 5.75 Å². The van der Waals surface area contributed by atoms with Gasteiger partial charge in [0, 0.05) is 11.9 Å². The number of aryl methyl sites for hydroxylation is 1. The van der Waals surface area contributed by atoms with Crippen LogP contribution in [-0.2, 0) is 0 Å². The Balaban J connectivity index is 1.80. The van der Waals surface area contributed by atoms with E-state index in [1.807, 2.05) is 29.5 Å². The number of halogens is 1. The van der Waals surface area contributed by atoms with Crippen molar-refractivity contribution in [2.24, 2.45) is 0 Å². The van der Waals surface area contributed by atoms with Crippen molar-refractivity contribution in [1.29, 1.82) is 0 Å². The van der Waals surface area contributed by atoms with Crippen molar-refractivity contribution in [3.8, 4) is 5.75 Å². The smallest absolute Gasteiger partial charge is 0.271 e. The fourth-order valence-corrected chi connectivity index (χ4v) is 2.56. The van der Waals surface area contributed by atoms with Gasteiger partial charge in [-0.1, -0.05) is 12.1 Å². The molecule has 0 saturated heterocycles. The van der Waals surface area contributed by atoms with Crippen LogP contribution >= 0.6 is 0 Å². The van der Waals surface area contributed by atoms with E-state index in [1.165, 1.54) is 13.2 Å². The predicted molar refractivity (Wildman–Crippen MR) is 88.8 cm³/mol. The van der Waals surface area contributed by atoms with E-state index >= 15 is 0 Å². The summed E-state index contributed by atoms with van der Waals surface area (Å²) in [4.78, 5) is 16.7. The Labute approximate surface area is 139 Å². The SMILES string of the molecule is COc1ccc(C(C)NC(=O)c2cn3c(C)cccc3n2)cc1F. The Bertz CT molecular complexity index is 904. The number of hydrogen-bond donors (Lipinski definition) is 1. The van der Waals surface area contributed by atoms with Gasteiger partial charge in [0.2, 0.25) is 0 Å². The molecule has 1 atom stereocenters. The molecule has 0 aliphatic heterocycles. The lowest BCUT2D eigenvalue weighted by atomic mass is 10.1. The minimum Gasteiger partial charge on any atom is -0.494 e. The van der Waals surface area contributed by atoms with Crippen LogP contribution < -0.4 is 10.1 Å². The lowest BCUT2D eigenvalue weighted by molar-refractivity contribution is 0.0935. The predicted octanol–water partition coefficient (Wildman–Crippen LogP) is 3.28. The molecular weight excluding hydrogens is 309 g/mol. The quantitative estimate of drug-likeness (QED) is 0.800. The Kier molecular flexibility index (Phi) is 4.20. The van der Waals surface area contributed by atoms with E-state index in [2.05, 4.69) is 10.3 Å². The fourth-order valence-electron chi connectivity index (χ4n) is 2.56. The van der Waals surface area contributed by atoms with Crippen molar-refractivity contribution in [1.82, 2.24) is 14.7 Å². The van der Waals surface area contributed by atoms with E-state index in [-0.39, 0.29) is 17.7 Å². The third kappa shape index (κ3) is 2.95. The highest BCUT2D eigenvalue weighted by Crippen LogP contribution is 2.22. The Hall–Kier alpha value is -2.89. The number of aromatic nitrogens is 2. The first-order valence-corrected chi connectivity index (χ1v) is 7.58. The van der Waals surface area contributed by atoms with Crippen molar-refractivity contribution >= 4 is 11.6 Å². The van der Waals surface area contributed by atoms with Crippen molar-refractivity contribution < 1.29 is 13.9 Å². The van der Waals surface area contributed by atoms with E-state index in [9.17, 15) is 9.18 Å². The third-order valence-electron chi connectivity index (χ3n) is 3.95. The number of imidazole rings is 1. The number of rotatable bonds is 4. The van der Waals surface area contributed by atoms with Gasteiger partial charge < -0.3 is 14.5 Å². The zero-order chi connectivity index (χ0) is 17.3. The second-order valence-electron chi connectivity index (χ2n) is 5.61. The van der Waals surface area contributed by atoms with Crippen LogP contribution in [0.4, 0.5) is 4.39 Å². The van der Waals surface area contributed by atoms with E-state index in [4.69, 9.17) is 4.74 Å². The van der Waals surface area contributed by atoms with Crippen molar-refractivity contribution in [3.63, 3.8) is 0 Å². The molecule has 2 aromatic heterocycles. The van der Waals surface area contributed by atoms with Crippen LogP contribution in [0.25, 0.3) is 5.65 Å². The number of nitrogens with one attached hydrogen (secondary N) is 1. The second kappa shape index (κ2) is 6.31. The van der Waals surface area contributed by atoms with Gasteiger partial charge in [-0.15, -0.1) is 0 Å². The molecule has 0 radical (unpaired) electrons. The van der Waals surface area contributed by atoms with E-state index in [0.29, 0.717) is 16.9 Å². The number of carbonyl (C=O) groups excluding carboxylic acids is 1. The number of ether oxygens (including phenoxy) is 1. The molecule has 0 aliphatic carbocycles. The number of hydrogen-bond acceptors (Lipinski definition) is 3. The van der Waals surface area contributed by atoms with Gasteiger partial charge in [0.05, 0.1) is 13.2 Å². The molecule has 1 unspecified atom stereocenters. The van der Waals surface area contributed by atoms with Gasteiger partial charge in [-0.2, -0.15) is 0 Å². The Morgan fingerprint density at radius 1 is 1.33 bits per heavy atom. The number of fused-ring (bicyclic) bond motifs is 1. The molecule has 5 nitrogen and oxygen atoms in total. The van der Waals surface area contributed by atoms with E-state index in [0.717, 1.165) is 5.69 Å². The standard InChI is InChI=1S/C18H18FN3O2/c1-11-5-4-6-17-21-15(10-22(11)17)18(23)20-12(2)13-7-8-16(24-3)14(19)9-13/h4-10,12H,1-3H3,(H,20,23). The number of benzene rings is 1. The van der Waals surface area contributed by atoms with Gasteiger partial charge in [0.25, 0.3) is 5.91 Å². The van der Waals surface area contributed by atoms with Gasteiger partial charge in [-0.05, 0) is 43.7 Å². The van der Waals surface area contributed by atoms with Gasteiger partial charge in [-0.25, -0.2) is 9.37 Å². The summed E-state index contributed by atoms with van der Waals surface area (Å²) in [5.74, 6) is -0.589. The molecule has 1 amide bonds. The second-order valence-corrected chi connectivity index (χ2v) is 5.61. The maximum atomic E-state index is 13.8. The molecule has 0 fully saturated rings. The summed E-state index contributed by atoms with van der Waals surface area (Å²) in [6.07, 6.45) is 1.70. The first kappa shape index (κ1) is 16.0. The Morgan fingerprint density at radius 2 is 2.12 bits per heavy atom. The molecule has 0 spiro atoms. The van der Waals surface area contributed by atoms with Gasteiger partial charge in [0.1, 0.15) is 11.3 Å². The van der Waals surface area contributed by atoms with E-state index in [1.54, 1.807) is 25.3 Å². The molecule has 1 N–H and O–H groups in total. The highest BCUT2D eigenvalue weighted by Gasteiger charge is 2.16. The van der Waals surface area contributed by atoms with Crippen LogP contribution in [0.3, 0.4) is 0 Å². The van der Waals surface area contributed by atoms with Crippen LogP contribution in [0.15, 0.2) is 42.6 Å². The molecule has 3 aromatic rings. The average molecular weight is 327 g/mol. The average Bonchev–Trinajstić information content (AvgIpc) is 3.00. The first-order valence-electron chi connectivity index (χ1n) is 7.58. The normalized spacial score (nSPS) is 12.2. The molecule has 24 heavy (non-hydrogen) atoms.